The zero-order valence-corrected chi connectivity index (χ0v) is 16.4. The molecule has 1 aliphatic rings. The Labute approximate surface area is 170 Å². The van der Waals surface area contributed by atoms with Crippen LogP contribution in [0.4, 0.5) is 5.69 Å². The molecule has 2 aromatic carbocycles. The van der Waals surface area contributed by atoms with Crippen LogP contribution in [0.25, 0.3) is 11.3 Å². The number of hydrogen-bond acceptors (Lipinski definition) is 7. The summed E-state index contributed by atoms with van der Waals surface area (Å²) in [7, 11) is 0. The van der Waals surface area contributed by atoms with Gasteiger partial charge in [0, 0.05) is 22.6 Å². The second-order valence-corrected chi connectivity index (χ2v) is 7.99. The van der Waals surface area contributed by atoms with Gasteiger partial charge in [0.15, 0.2) is 11.9 Å². The number of para-hydroxylation sites is 1. The van der Waals surface area contributed by atoms with Crippen LogP contribution in [0.5, 0.6) is 5.88 Å². The predicted octanol–water partition coefficient (Wildman–Crippen LogP) is 5.40. The summed E-state index contributed by atoms with van der Waals surface area (Å²) < 4.78 is 6.25. The lowest BCUT2D eigenvalue weighted by Gasteiger charge is -2.17. The van der Waals surface area contributed by atoms with Gasteiger partial charge in [-0.1, -0.05) is 60.3 Å². The molecule has 4 aromatic rings. The largest absolute Gasteiger partial charge is 0.448 e. The Morgan fingerprint density at radius 1 is 1.00 bits per heavy atom. The summed E-state index contributed by atoms with van der Waals surface area (Å²) in [5.74, 6) is 1.28. The van der Waals surface area contributed by atoms with Crippen LogP contribution in [0.1, 0.15) is 17.4 Å². The van der Waals surface area contributed by atoms with Crippen molar-refractivity contribution >= 4 is 28.8 Å². The molecule has 5 rings (SSSR count). The Bertz CT molecular complexity index is 1090. The lowest BCUT2D eigenvalue weighted by Crippen LogP contribution is -2.16. The molecule has 7 heteroatoms. The maximum Gasteiger partial charge on any atom is 0.247 e. The van der Waals surface area contributed by atoms with Crippen LogP contribution in [-0.2, 0) is 5.75 Å². The quantitative estimate of drug-likeness (QED) is 0.460. The molecular formula is C21H16N4OS2. The van der Waals surface area contributed by atoms with Crippen molar-refractivity contribution in [1.82, 2.24) is 15.2 Å². The summed E-state index contributed by atoms with van der Waals surface area (Å²) in [5, 5.41) is 17.0. The van der Waals surface area contributed by atoms with E-state index < -0.39 is 0 Å². The summed E-state index contributed by atoms with van der Waals surface area (Å²) in [5.41, 5.74) is 4.83. The van der Waals surface area contributed by atoms with Gasteiger partial charge in [-0.3, -0.25) is 0 Å². The molecule has 0 unspecified atom stereocenters. The SMILES string of the molecule is c1ccc(CSc2nnc3c(n2)O[C@H](c2ccsc2)Nc2ccccc2-3)cc1. The van der Waals surface area contributed by atoms with Gasteiger partial charge in [0.25, 0.3) is 0 Å². The summed E-state index contributed by atoms with van der Waals surface area (Å²) in [4.78, 5) is 4.68. The molecule has 0 radical (unpaired) electrons. The minimum atomic E-state index is -0.322. The van der Waals surface area contributed by atoms with Gasteiger partial charge in [0.1, 0.15) is 0 Å². The highest BCUT2D eigenvalue weighted by Gasteiger charge is 2.26. The average Bonchev–Trinajstić information content (AvgIpc) is 3.23. The molecule has 0 bridgehead atoms. The van der Waals surface area contributed by atoms with Gasteiger partial charge in [-0.25, -0.2) is 0 Å². The number of fused-ring (bicyclic) bond motifs is 3. The van der Waals surface area contributed by atoms with Crippen molar-refractivity contribution in [2.24, 2.45) is 0 Å². The van der Waals surface area contributed by atoms with Crippen molar-refractivity contribution in [3.05, 3.63) is 82.6 Å². The van der Waals surface area contributed by atoms with Gasteiger partial charge < -0.3 is 10.1 Å². The van der Waals surface area contributed by atoms with E-state index in [1.165, 1.54) is 5.56 Å². The molecule has 0 aliphatic carbocycles. The smallest absolute Gasteiger partial charge is 0.247 e. The lowest BCUT2D eigenvalue weighted by molar-refractivity contribution is 0.225. The zero-order valence-electron chi connectivity index (χ0n) is 14.8. The van der Waals surface area contributed by atoms with E-state index >= 15 is 0 Å². The van der Waals surface area contributed by atoms with Crippen LogP contribution in [0.2, 0.25) is 0 Å². The van der Waals surface area contributed by atoms with Gasteiger partial charge >= 0.3 is 0 Å². The van der Waals surface area contributed by atoms with Gasteiger partial charge in [-0.2, -0.15) is 16.3 Å². The molecule has 3 heterocycles. The highest BCUT2D eigenvalue weighted by atomic mass is 32.2. The fourth-order valence-corrected chi connectivity index (χ4v) is 4.41. The van der Waals surface area contributed by atoms with E-state index in [0.717, 1.165) is 22.6 Å². The molecule has 1 aliphatic heterocycles. The van der Waals surface area contributed by atoms with E-state index in [4.69, 9.17) is 4.74 Å². The Balaban J connectivity index is 1.49. The minimum Gasteiger partial charge on any atom is -0.448 e. The maximum absolute atomic E-state index is 6.25. The van der Waals surface area contributed by atoms with Gasteiger partial charge in [0.05, 0.1) is 0 Å². The van der Waals surface area contributed by atoms with Crippen LogP contribution in [0.3, 0.4) is 0 Å². The van der Waals surface area contributed by atoms with Gasteiger partial charge in [-0.05, 0) is 28.5 Å². The zero-order chi connectivity index (χ0) is 18.8. The first-order chi connectivity index (χ1) is 13.9. The van der Waals surface area contributed by atoms with E-state index in [0.29, 0.717) is 16.7 Å². The topological polar surface area (TPSA) is 59.9 Å². The molecule has 5 nitrogen and oxygen atoms in total. The number of aromatic nitrogens is 3. The highest BCUT2D eigenvalue weighted by Crippen LogP contribution is 2.39. The maximum atomic E-state index is 6.25. The first-order valence-corrected chi connectivity index (χ1v) is 10.8. The van der Waals surface area contributed by atoms with E-state index in [1.54, 1.807) is 23.1 Å². The van der Waals surface area contributed by atoms with Crippen molar-refractivity contribution in [3.8, 4) is 17.1 Å². The number of hydrogen-bond donors (Lipinski definition) is 1. The third-order valence-electron chi connectivity index (χ3n) is 4.39. The molecule has 0 saturated carbocycles. The number of thiophene rings is 1. The van der Waals surface area contributed by atoms with Crippen LogP contribution in [-0.4, -0.2) is 15.2 Å². The number of nitrogens with zero attached hydrogens (tertiary/aromatic N) is 3. The Kier molecular flexibility index (Phi) is 4.68. The first kappa shape index (κ1) is 17.2. The van der Waals surface area contributed by atoms with Gasteiger partial charge in [-0.15, -0.1) is 10.2 Å². The molecule has 1 N–H and O–H groups in total. The number of benzene rings is 2. The standard InChI is InChI=1S/C21H16N4OS2/c1-2-6-14(7-3-1)12-28-21-23-20-18(24-25-21)16-8-4-5-9-17(16)22-19(26-20)15-10-11-27-13-15/h1-11,13,19,22H,12H2/t19-/m1/s1. The Morgan fingerprint density at radius 3 is 2.71 bits per heavy atom. The number of thioether (sulfide) groups is 1. The number of anilines is 1. The predicted molar refractivity (Wildman–Crippen MR) is 113 cm³/mol. The van der Waals surface area contributed by atoms with Crippen LogP contribution >= 0.6 is 23.1 Å². The Hall–Kier alpha value is -2.90. The first-order valence-electron chi connectivity index (χ1n) is 8.83. The summed E-state index contributed by atoms with van der Waals surface area (Å²) in [6.45, 7) is 0. The monoisotopic (exact) mass is 404 g/mol. The lowest BCUT2D eigenvalue weighted by atomic mass is 10.1. The fraction of sp³-hybridized carbons (Fsp3) is 0.0952. The summed E-state index contributed by atoms with van der Waals surface area (Å²) >= 11 is 3.19. The number of rotatable bonds is 4. The highest BCUT2D eigenvalue weighted by molar-refractivity contribution is 7.98. The molecule has 28 heavy (non-hydrogen) atoms. The van der Waals surface area contributed by atoms with Crippen molar-refractivity contribution in [2.75, 3.05) is 5.32 Å². The minimum absolute atomic E-state index is 0.322. The Morgan fingerprint density at radius 2 is 1.86 bits per heavy atom. The fourth-order valence-electron chi connectivity index (χ4n) is 3.01. The third-order valence-corrected chi connectivity index (χ3v) is 6.00. The van der Waals surface area contributed by atoms with Crippen molar-refractivity contribution in [1.29, 1.82) is 0 Å². The second-order valence-electron chi connectivity index (χ2n) is 6.27. The van der Waals surface area contributed by atoms with Crippen LogP contribution in [0.15, 0.2) is 76.6 Å². The summed E-state index contributed by atoms with van der Waals surface area (Å²) in [6.07, 6.45) is -0.322. The average molecular weight is 405 g/mol. The van der Waals surface area contributed by atoms with Crippen LogP contribution in [0, 0.1) is 0 Å². The molecule has 0 amide bonds. The van der Waals surface area contributed by atoms with E-state index in [-0.39, 0.29) is 6.23 Å². The number of nitrogens with one attached hydrogen (secondary N) is 1. The molecule has 1 atom stereocenters. The molecular weight excluding hydrogens is 388 g/mol. The second kappa shape index (κ2) is 7.61. The third kappa shape index (κ3) is 3.46. The molecule has 2 aromatic heterocycles. The van der Waals surface area contributed by atoms with E-state index in [9.17, 15) is 0 Å². The molecule has 138 valence electrons. The van der Waals surface area contributed by atoms with Gasteiger partial charge in [0.2, 0.25) is 11.0 Å². The normalized spacial score (nSPS) is 14.9. The molecule has 0 saturated heterocycles. The van der Waals surface area contributed by atoms with Crippen molar-refractivity contribution < 1.29 is 4.74 Å². The summed E-state index contributed by atoms with van der Waals surface area (Å²) in [6, 6.07) is 20.3. The number of ether oxygens (including phenoxy) is 1. The van der Waals surface area contributed by atoms with Crippen molar-refractivity contribution in [2.45, 2.75) is 17.1 Å². The molecule has 0 spiro atoms. The van der Waals surface area contributed by atoms with E-state index in [1.807, 2.05) is 47.8 Å². The van der Waals surface area contributed by atoms with E-state index in [2.05, 4.69) is 44.1 Å². The molecule has 0 fully saturated rings. The van der Waals surface area contributed by atoms with Crippen molar-refractivity contribution in [3.63, 3.8) is 0 Å². The van der Waals surface area contributed by atoms with Crippen LogP contribution < -0.4 is 10.1 Å².